The first-order chi connectivity index (χ1) is 10.2. The van der Waals surface area contributed by atoms with Crippen LogP contribution in [0.25, 0.3) is 0 Å². The third kappa shape index (κ3) is 4.23. The van der Waals surface area contributed by atoms with Crippen LogP contribution in [-0.4, -0.2) is 35.3 Å². The number of hydrogen-bond acceptors (Lipinski definition) is 3. The largest absolute Gasteiger partial charge is 0.296 e. The zero-order chi connectivity index (χ0) is 15.1. The smallest absolute Gasteiger partial charge is 0.179 e. The van der Waals surface area contributed by atoms with Crippen molar-refractivity contribution in [1.82, 2.24) is 9.88 Å². The van der Waals surface area contributed by atoms with Gasteiger partial charge in [0.15, 0.2) is 5.78 Å². The minimum Gasteiger partial charge on any atom is -0.296 e. The molecule has 0 radical (unpaired) electrons. The van der Waals surface area contributed by atoms with E-state index in [1.807, 2.05) is 61.8 Å². The molecule has 0 bridgehead atoms. The number of pyridine rings is 1. The molecule has 1 atom stereocenters. The summed E-state index contributed by atoms with van der Waals surface area (Å²) in [6, 6.07) is 15.4. The van der Waals surface area contributed by atoms with Crippen molar-refractivity contribution in [3.05, 3.63) is 66.0 Å². The maximum Gasteiger partial charge on any atom is 0.179 e. The van der Waals surface area contributed by atoms with Gasteiger partial charge in [-0.15, -0.1) is 0 Å². The predicted octanol–water partition coefficient (Wildman–Crippen LogP) is 3.22. The molecule has 1 unspecified atom stereocenters. The molecule has 0 fully saturated rings. The van der Waals surface area contributed by atoms with E-state index in [4.69, 9.17) is 0 Å². The molecule has 3 heteroatoms. The minimum atomic E-state index is -0.0730. The van der Waals surface area contributed by atoms with Gasteiger partial charge in [0.05, 0.1) is 6.04 Å². The fourth-order valence-electron chi connectivity index (χ4n) is 2.48. The normalized spacial score (nSPS) is 12.3. The molecule has 0 saturated carbocycles. The molecule has 0 saturated heterocycles. The second-order valence-corrected chi connectivity index (χ2v) is 5.21. The van der Waals surface area contributed by atoms with E-state index in [-0.39, 0.29) is 11.8 Å². The summed E-state index contributed by atoms with van der Waals surface area (Å²) in [4.78, 5) is 19.0. The van der Waals surface area contributed by atoms with Crippen molar-refractivity contribution in [3.63, 3.8) is 0 Å². The summed E-state index contributed by atoms with van der Waals surface area (Å²) in [5.41, 5.74) is 1.85. The first kappa shape index (κ1) is 15.4. The van der Waals surface area contributed by atoms with E-state index in [2.05, 4.69) is 16.8 Å². The lowest BCUT2D eigenvalue weighted by molar-refractivity contribution is 0.0847. The zero-order valence-corrected chi connectivity index (χ0v) is 12.7. The van der Waals surface area contributed by atoms with Crippen LogP contribution in [0.3, 0.4) is 0 Å². The average molecular weight is 282 g/mol. The molecule has 3 nitrogen and oxygen atoms in total. The van der Waals surface area contributed by atoms with Crippen LogP contribution < -0.4 is 0 Å². The predicted molar refractivity (Wildman–Crippen MR) is 85.4 cm³/mol. The van der Waals surface area contributed by atoms with Crippen LogP contribution in [0.4, 0.5) is 0 Å². The van der Waals surface area contributed by atoms with Crippen LogP contribution in [0.5, 0.6) is 0 Å². The van der Waals surface area contributed by atoms with E-state index in [1.165, 1.54) is 0 Å². The van der Waals surface area contributed by atoms with E-state index < -0.39 is 0 Å². The number of carbonyl (C=O) groups excluding carboxylic acids is 1. The van der Waals surface area contributed by atoms with E-state index in [0.29, 0.717) is 0 Å². The van der Waals surface area contributed by atoms with Crippen LogP contribution >= 0.6 is 0 Å². The highest BCUT2D eigenvalue weighted by atomic mass is 16.1. The molecular weight excluding hydrogens is 260 g/mol. The van der Waals surface area contributed by atoms with Crippen LogP contribution in [0, 0.1) is 0 Å². The first-order valence-corrected chi connectivity index (χ1v) is 7.41. The summed E-state index contributed by atoms with van der Waals surface area (Å²) in [5.74, 6) is 0.196. The van der Waals surface area contributed by atoms with E-state index >= 15 is 0 Å². The second kappa shape index (κ2) is 7.70. The van der Waals surface area contributed by atoms with Gasteiger partial charge < -0.3 is 0 Å². The Bertz CT molecular complexity index is 554. The summed E-state index contributed by atoms with van der Waals surface area (Å²) in [6.45, 7) is 2.89. The Balaban J connectivity index is 1.98. The van der Waals surface area contributed by atoms with E-state index in [9.17, 15) is 4.79 Å². The lowest BCUT2D eigenvalue weighted by Gasteiger charge is -2.25. The van der Waals surface area contributed by atoms with Crippen molar-refractivity contribution >= 4 is 5.78 Å². The molecular formula is C18H22N2O. The summed E-state index contributed by atoms with van der Waals surface area (Å²) in [6.07, 6.45) is 3.48. The Labute approximate surface area is 126 Å². The second-order valence-electron chi connectivity index (χ2n) is 5.21. The SMILES string of the molecule is CCC(C(=O)c1ccccc1)N(C)CCc1ccccn1. The number of Topliss-reactive ketones (excluding diaryl/α,β-unsaturated/α-hetero) is 1. The van der Waals surface area contributed by atoms with E-state index in [1.54, 1.807) is 0 Å². The van der Waals surface area contributed by atoms with Crippen molar-refractivity contribution in [2.24, 2.45) is 0 Å². The third-order valence-corrected chi connectivity index (χ3v) is 3.73. The highest BCUT2D eigenvalue weighted by Gasteiger charge is 2.22. The molecule has 2 rings (SSSR count). The molecule has 0 aliphatic carbocycles. The third-order valence-electron chi connectivity index (χ3n) is 3.73. The molecule has 0 spiro atoms. The Morgan fingerprint density at radius 2 is 1.86 bits per heavy atom. The maximum atomic E-state index is 12.6. The standard InChI is InChI=1S/C18H22N2O/c1-3-17(18(21)15-9-5-4-6-10-15)20(2)14-12-16-11-7-8-13-19-16/h4-11,13,17H,3,12,14H2,1-2H3. The van der Waals surface area contributed by atoms with Gasteiger partial charge in [-0.1, -0.05) is 43.3 Å². The minimum absolute atomic E-state index is 0.0730. The van der Waals surface area contributed by atoms with Crippen LogP contribution in [0.1, 0.15) is 29.4 Å². The fourth-order valence-corrected chi connectivity index (χ4v) is 2.48. The molecule has 0 aliphatic rings. The number of carbonyl (C=O) groups is 1. The Kier molecular flexibility index (Phi) is 5.64. The topological polar surface area (TPSA) is 33.2 Å². The Morgan fingerprint density at radius 1 is 1.14 bits per heavy atom. The number of likely N-dealkylation sites (N-methyl/N-ethyl adjacent to an activating group) is 1. The lowest BCUT2D eigenvalue weighted by atomic mass is 10.0. The highest BCUT2D eigenvalue weighted by Crippen LogP contribution is 2.11. The number of hydrogen-bond donors (Lipinski definition) is 0. The number of ketones is 1. The average Bonchev–Trinajstić information content (AvgIpc) is 2.55. The zero-order valence-electron chi connectivity index (χ0n) is 12.7. The molecule has 21 heavy (non-hydrogen) atoms. The first-order valence-electron chi connectivity index (χ1n) is 7.41. The van der Waals surface area contributed by atoms with Gasteiger partial charge in [0.25, 0.3) is 0 Å². The van der Waals surface area contributed by atoms with Gasteiger partial charge in [-0.05, 0) is 25.6 Å². The fraction of sp³-hybridized carbons (Fsp3) is 0.333. The quantitative estimate of drug-likeness (QED) is 0.731. The number of benzene rings is 1. The Hall–Kier alpha value is -2.00. The van der Waals surface area contributed by atoms with Gasteiger partial charge in [0.2, 0.25) is 0 Å². The van der Waals surface area contributed by atoms with Gasteiger partial charge in [-0.2, -0.15) is 0 Å². The molecule has 0 amide bonds. The molecule has 0 N–H and O–H groups in total. The van der Waals surface area contributed by atoms with Gasteiger partial charge in [0, 0.05) is 30.4 Å². The monoisotopic (exact) mass is 282 g/mol. The van der Waals surface area contributed by atoms with Gasteiger partial charge >= 0.3 is 0 Å². The summed E-state index contributed by atoms with van der Waals surface area (Å²) < 4.78 is 0. The maximum absolute atomic E-state index is 12.6. The van der Waals surface area contributed by atoms with Gasteiger partial charge in [0.1, 0.15) is 0 Å². The van der Waals surface area contributed by atoms with Gasteiger partial charge in [-0.3, -0.25) is 14.7 Å². The molecule has 0 aliphatic heterocycles. The number of nitrogens with zero attached hydrogens (tertiary/aromatic N) is 2. The molecule has 110 valence electrons. The van der Waals surface area contributed by atoms with E-state index in [0.717, 1.165) is 30.6 Å². The molecule has 1 aromatic heterocycles. The molecule has 1 aromatic carbocycles. The number of aromatic nitrogens is 1. The van der Waals surface area contributed by atoms with Crippen molar-refractivity contribution < 1.29 is 4.79 Å². The van der Waals surface area contributed by atoms with Crippen molar-refractivity contribution in [1.29, 1.82) is 0 Å². The van der Waals surface area contributed by atoms with Gasteiger partial charge in [-0.25, -0.2) is 0 Å². The van der Waals surface area contributed by atoms with Crippen LogP contribution in [0.2, 0.25) is 0 Å². The highest BCUT2D eigenvalue weighted by molar-refractivity contribution is 6.00. The van der Waals surface area contributed by atoms with Crippen LogP contribution in [-0.2, 0) is 6.42 Å². The summed E-state index contributed by atoms with van der Waals surface area (Å²) in [7, 11) is 2.01. The van der Waals surface area contributed by atoms with Crippen molar-refractivity contribution in [3.8, 4) is 0 Å². The summed E-state index contributed by atoms with van der Waals surface area (Å²) in [5, 5.41) is 0. The Morgan fingerprint density at radius 3 is 2.48 bits per heavy atom. The van der Waals surface area contributed by atoms with Crippen molar-refractivity contribution in [2.45, 2.75) is 25.8 Å². The molecule has 1 heterocycles. The number of rotatable bonds is 7. The van der Waals surface area contributed by atoms with Crippen molar-refractivity contribution in [2.75, 3.05) is 13.6 Å². The van der Waals surface area contributed by atoms with Crippen LogP contribution in [0.15, 0.2) is 54.7 Å². The lowest BCUT2D eigenvalue weighted by Crippen LogP contribution is -2.39. The summed E-state index contributed by atoms with van der Waals surface area (Å²) >= 11 is 0. The molecule has 2 aromatic rings.